The van der Waals surface area contributed by atoms with Crippen LogP contribution in [0.3, 0.4) is 0 Å². The number of hydrogen-bond donors (Lipinski definition) is 0. The van der Waals surface area contributed by atoms with Crippen LogP contribution < -0.4 is 9.47 Å². The average molecular weight is 365 g/mol. The van der Waals surface area contributed by atoms with E-state index in [9.17, 15) is 0 Å². The standard InChI is InChI=1S/C22H36O4/c1-23-15-11-9-7-5-3-2-4-6-8-10-12-16-24-18-20-13-14-21-22(17-20)26-19-25-21/h13-14,17H,2-12,15-16,18-19H2,1H3. The Morgan fingerprint density at radius 2 is 1.31 bits per heavy atom. The Morgan fingerprint density at radius 1 is 0.731 bits per heavy atom. The van der Waals surface area contributed by atoms with E-state index in [1.165, 1.54) is 64.2 Å². The lowest BCUT2D eigenvalue weighted by atomic mass is 10.1. The normalized spacial score (nSPS) is 12.7. The lowest BCUT2D eigenvalue weighted by Crippen LogP contribution is -1.96. The number of benzene rings is 1. The van der Waals surface area contributed by atoms with Crippen molar-refractivity contribution in [1.29, 1.82) is 0 Å². The minimum Gasteiger partial charge on any atom is -0.454 e. The predicted octanol–water partition coefficient (Wildman–Crippen LogP) is 5.87. The van der Waals surface area contributed by atoms with E-state index in [2.05, 4.69) is 0 Å². The fraction of sp³-hybridized carbons (Fsp3) is 0.727. The van der Waals surface area contributed by atoms with Crippen molar-refractivity contribution in [2.75, 3.05) is 27.1 Å². The van der Waals surface area contributed by atoms with Gasteiger partial charge in [-0.2, -0.15) is 0 Å². The molecule has 1 aliphatic heterocycles. The first-order valence-corrected chi connectivity index (χ1v) is 10.4. The third-order valence-electron chi connectivity index (χ3n) is 4.84. The largest absolute Gasteiger partial charge is 0.454 e. The maximum atomic E-state index is 5.77. The van der Waals surface area contributed by atoms with Gasteiger partial charge in [0.1, 0.15) is 0 Å². The highest BCUT2D eigenvalue weighted by Crippen LogP contribution is 2.32. The zero-order chi connectivity index (χ0) is 18.3. The third-order valence-corrected chi connectivity index (χ3v) is 4.84. The van der Waals surface area contributed by atoms with Gasteiger partial charge in [0.05, 0.1) is 6.61 Å². The number of rotatable bonds is 16. The molecule has 0 fully saturated rings. The molecule has 1 heterocycles. The van der Waals surface area contributed by atoms with E-state index < -0.39 is 0 Å². The van der Waals surface area contributed by atoms with E-state index in [0.29, 0.717) is 13.4 Å². The molecule has 1 aromatic rings. The van der Waals surface area contributed by atoms with E-state index in [0.717, 1.165) is 36.7 Å². The molecule has 148 valence electrons. The maximum absolute atomic E-state index is 5.77. The van der Waals surface area contributed by atoms with Gasteiger partial charge >= 0.3 is 0 Å². The molecule has 26 heavy (non-hydrogen) atoms. The Morgan fingerprint density at radius 3 is 1.96 bits per heavy atom. The number of ether oxygens (including phenoxy) is 4. The molecule has 0 N–H and O–H groups in total. The fourth-order valence-electron chi connectivity index (χ4n) is 3.26. The van der Waals surface area contributed by atoms with Gasteiger partial charge in [0.15, 0.2) is 11.5 Å². The second kappa shape index (κ2) is 13.9. The molecule has 1 aliphatic rings. The first-order valence-electron chi connectivity index (χ1n) is 10.4. The number of fused-ring (bicyclic) bond motifs is 1. The molecule has 0 atom stereocenters. The van der Waals surface area contributed by atoms with Gasteiger partial charge in [-0.3, -0.25) is 0 Å². The molecular weight excluding hydrogens is 328 g/mol. The summed E-state index contributed by atoms with van der Waals surface area (Å²) in [4.78, 5) is 0. The number of unbranched alkanes of at least 4 members (excludes halogenated alkanes) is 10. The first kappa shape index (κ1) is 21.0. The van der Waals surface area contributed by atoms with E-state index in [4.69, 9.17) is 18.9 Å². The van der Waals surface area contributed by atoms with Crippen LogP contribution in [0.4, 0.5) is 0 Å². The average Bonchev–Trinajstić information content (AvgIpc) is 3.12. The van der Waals surface area contributed by atoms with Crippen LogP contribution in [-0.4, -0.2) is 27.1 Å². The van der Waals surface area contributed by atoms with Crippen LogP contribution in [0.2, 0.25) is 0 Å². The van der Waals surface area contributed by atoms with Gasteiger partial charge in [-0.25, -0.2) is 0 Å². The van der Waals surface area contributed by atoms with Crippen LogP contribution in [0, 0.1) is 0 Å². The Bertz CT molecular complexity index is 475. The molecule has 0 unspecified atom stereocenters. The van der Waals surface area contributed by atoms with Crippen LogP contribution >= 0.6 is 0 Å². The number of hydrogen-bond acceptors (Lipinski definition) is 4. The highest BCUT2D eigenvalue weighted by molar-refractivity contribution is 5.44. The summed E-state index contributed by atoms with van der Waals surface area (Å²) in [6, 6.07) is 6.02. The van der Waals surface area contributed by atoms with Crippen molar-refractivity contribution >= 4 is 0 Å². The molecule has 0 spiro atoms. The molecule has 4 heteroatoms. The van der Waals surface area contributed by atoms with Crippen molar-refractivity contribution < 1.29 is 18.9 Å². The highest BCUT2D eigenvalue weighted by Gasteiger charge is 2.12. The van der Waals surface area contributed by atoms with Gasteiger partial charge < -0.3 is 18.9 Å². The van der Waals surface area contributed by atoms with Crippen LogP contribution in [-0.2, 0) is 16.1 Å². The third kappa shape index (κ3) is 8.91. The maximum Gasteiger partial charge on any atom is 0.231 e. The van der Waals surface area contributed by atoms with Crippen molar-refractivity contribution in [3.8, 4) is 11.5 Å². The quantitative estimate of drug-likeness (QED) is 0.344. The van der Waals surface area contributed by atoms with Crippen molar-refractivity contribution in [2.24, 2.45) is 0 Å². The Kier molecular flexibility index (Phi) is 11.2. The van der Waals surface area contributed by atoms with Gasteiger partial charge in [-0.05, 0) is 30.5 Å². The van der Waals surface area contributed by atoms with Gasteiger partial charge in [-0.15, -0.1) is 0 Å². The molecular formula is C22H36O4. The van der Waals surface area contributed by atoms with Gasteiger partial charge in [-0.1, -0.05) is 63.9 Å². The molecule has 1 aromatic carbocycles. The summed E-state index contributed by atoms with van der Waals surface area (Å²) >= 11 is 0. The summed E-state index contributed by atoms with van der Waals surface area (Å²) in [5.41, 5.74) is 1.15. The molecule has 0 aliphatic carbocycles. The van der Waals surface area contributed by atoms with Crippen LogP contribution in [0.5, 0.6) is 11.5 Å². The molecule has 4 nitrogen and oxygen atoms in total. The minimum absolute atomic E-state index is 0.327. The summed E-state index contributed by atoms with van der Waals surface area (Å²) < 4.78 is 21.5. The van der Waals surface area contributed by atoms with Gasteiger partial charge in [0.25, 0.3) is 0 Å². The van der Waals surface area contributed by atoms with Gasteiger partial charge in [0, 0.05) is 20.3 Å². The van der Waals surface area contributed by atoms with Gasteiger partial charge in [0.2, 0.25) is 6.79 Å². The van der Waals surface area contributed by atoms with Crippen molar-refractivity contribution in [3.63, 3.8) is 0 Å². The summed E-state index contributed by atoms with van der Waals surface area (Å²) in [6.07, 6.45) is 14.6. The Hall–Kier alpha value is -1.26. The topological polar surface area (TPSA) is 36.9 Å². The van der Waals surface area contributed by atoms with Crippen molar-refractivity contribution in [1.82, 2.24) is 0 Å². The molecule has 0 radical (unpaired) electrons. The monoisotopic (exact) mass is 364 g/mol. The van der Waals surface area contributed by atoms with Crippen LogP contribution in [0.1, 0.15) is 76.2 Å². The summed E-state index contributed by atoms with van der Waals surface area (Å²) in [7, 11) is 1.78. The molecule has 0 saturated heterocycles. The molecule has 0 saturated carbocycles. The first-order chi connectivity index (χ1) is 12.9. The second-order valence-corrected chi connectivity index (χ2v) is 7.12. The number of methoxy groups -OCH3 is 1. The molecule has 0 amide bonds. The lowest BCUT2D eigenvalue weighted by Gasteiger charge is -2.06. The zero-order valence-corrected chi connectivity index (χ0v) is 16.5. The Labute approximate surface area is 159 Å². The molecule has 2 rings (SSSR count). The minimum atomic E-state index is 0.327. The SMILES string of the molecule is COCCCCCCCCCCCCCOCc1ccc2c(c1)OCO2. The second-order valence-electron chi connectivity index (χ2n) is 7.12. The van der Waals surface area contributed by atoms with E-state index >= 15 is 0 Å². The smallest absolute Gasteiger partial charge is 0.231 e. The Balaban J connectivity index is 1.32. The fourth-order valence-corrected chi connectivity index (χ4v) is 3.26. The zero-order valence-electron chi connectivity index (χ0n) is 16.5. The molecule has 0 bridgehead atoms. The highest BCUT2D eigenvalue weighted by atomic mass is 16.7. The van der Waals surface area contributed by atoms with E-state index in [-0.39, 0.29) is 0 Å². The van der Waals surface area contributed by atoms with Crippen molar-refractivity contribution in [3.05, 3.63) is 23.8 Å². The predicted molar refractivity (Wildman–Crippen MR) is 105 cm³/mol. The van der Waals surface area contributed by atoms with Crippen molar-refractivity contribution in [2.45, 2.75) is 77.2 Å². The van der Waals surface area contributed by atoms with E-state index in [1.807, 2.05) is 18.2 Å². The summed E-state index contributed by atoms with van der Waals surface area (Å²) in [5, 5.41) is 0. The van der Waals surface area contributed by atoms with Crippen LogP contribution in [0.25, 0.3) is 0 Å². The lowest BCUT2D eigenvalue weighted by molar-refractivity contribution is 0.116. The summed E-state index contributed by atoms with van der Waals surface area (Å²) in [6.45, 7) is 2.74. The van der Waals surface area contributed by atoms with E-state index in [1.54, 1.807) is 7.11 Å². The van der Waals surface area contributed by atoms with Crippen LogP contribution in [0.15, 0.2) is 18.2 Å². The molecule has 0 aromatic heterocycles. The summed E-state index contributed by atoms with van der Waals surface area (Å²) in [5.74, 6) is 1.67.